The second-order valence-corrected chi connectivity index (χ2v) is 15.1. The molecule has 0 amide bonds. The van der Waals surface area contributed by atoms with Crippen LogP contribution in [0.1, 0.15) is 0 Å². The van der Waals surface area contributed by atoms with E-state index in [1.807, 2.05) is 0 Å². The zero-order valence-electron chi connectivity index (χ0n) is 21.5. The molecule has 0 saturated heterocycles. The van der Waals surface area contributed by atoms with Crippen LogP contribution in [0.5, 0.6) is 0 Å². The normalized spacial score (nSPS) is 15.2. The average molecular weight is 732 g/mol. The molecule has 2 saturated carbocycles. The van der Waals surface area contributed by atoms with Gasteiger partial charge in [-0.3, -0.25) is 0 Å². The third kappa shape index (κ3) is 10.3. The standard InChI is InChI=1S/2C17H14P.2ClH.Fe.Pd/c2*1-3-9-15(10-4-1)18(17-13-7-8-14-17)16-11-5-2-6-12-16;;;;/h2*1-14H;2*1H;;/q;;;;2*+2/p-2. The van der Waals surface area contributed by atoms with Crippen LogP contribution in [0.15, 0.2) is 121 Å². The van der Waals surface area contributed by atoms with Crippen LogP contribution < -0.4 is 21.2 Å². The van der Waals surface area contributed by atoms with Crippen molar-refractivity contribution in [1.82, 2.24) is 0 Å². The predicted octanol–water partition coefficient (Wildman–Crippen LogP) is 8.34. The van der Waals surface area contributed by atoms with Crippen molar-refractivity contribution in [2.45, 2.75) is 0 Å². The van der Waals surface area contributed by atoms with Crippen molar-refractivity contribution in [3.8, 4) is 0 Å². The van der Waals surface area contributed by atoms with E-state index in [1.165, 1.54) is 32.5 Å². The Kier molecular flexibility index (Phi) is 16.7. The van der Waals surface area contributed by atoms with E-state index in [0.717, 1.165) is 0 Å². The Morgan fingerprint density at radius 1 is 0.375 bits per heavy atom. The molecule has 204 valence electrons. The molecule has 0 aromatic heterocycles. The molecule has 40 heavy (non-hydrogen) atoms. The third-order valence-corrected chi connectivity index (χ3v) is 10.8. The van der Waals surface area contributed by atoms with Crippen LogP contribution in [0, 0.1) is 62.7 Å². The van der Waals surface area contributed by atoms with E-state index in [1.54, 1.807) is 0 Å². The summed E-state index contributed by atoms with van der Waals surface area (Å²) in [6.07, 6.45) is 17.4. The fraction of sp³-hybridized carbons (Fsp3) is 0. The summed E-state index contributed by atoms with van der Waals surface area (Å²) in [6.45, 7) is 0. The first kappa shape index (κ1) is 34.0. The van der Waals surface area contributed by atoms with E-state index in [-0.39, 0.29) is 33.0 Å². The molecule has 0 bridgehead atoms. The van der Waals surface area contributed by atoms with Gasteiger partial charge in [0.2, 0.25) is 0 Å². The molecule has 2 aliphatic rings. The van der Waals surface area contributed by atoms with Gasteiger partial charge in [-0.05, 0) is 88.4 Å². The molecule has 0 nitrogen and oxygen atoms in total. The van der Waals surface area contributed by atoms with Crippen LogP contribution in [0.25, 0.3) is 0 Å². The van der Waals surface area contributed by atoms with Crippen molar-refractivity contribution in [3.05, 3.63) is 184 Å². The molecule has 0 unspecified atom stereocenters. The summed E-state index contributed by atoms with van der Waals surface area (Å²) < 4.78 is 0. The van der Waals surface area contributed by atoms with Gasteiger partial charge in [-0.25, -0.2) is 0 Å². The van der Waals surface area contributed by atoms with Gasteiger partial charge in [0, 0.05) is 11.3 Å². The van der Waals surface area contributed by atoms with E-state index >= 15 is 0 Å². The van der Waals surface area contributed by atoms with Crippen LogP contribution in [0.2, 0.25) is 0 Å². The summed E-state index contributed by atoms with van der Waals surface area (Å²) in [6, 6.07) is 43.1. The molecule has 0 aliphatic heterocycles. The molecular formula is C34H28Cl2FeP2Pd+2. The first-order valence-electron chi connectivity index (χ1n) is 12.4. The number of benzene rings is 4. The zero-order valence-corrected chi connectivity index (χ0v) is 27.4. The molecule has 4 aromatic rings. The number of rotatable bonds is 6. The van der Waals surface area contributed by atoms with Crippen LogP contribution in [0.4, 0.5) is 0 Å². The molecule has 2 aliphatic carbocycles. The molecule has 0 N–H and O–H groups in total. The minimum atomic E-state index is -0.409. The minimum Gasteiger partial charge on any atom is 2.00 e. The molecule has 0 spiro atoms. The molecule has 2 fully saturated rings. The molecule has 6 heteroatoms. The van der Waals surface area contributed by atoms with Crippen LogP contribution in [-0.2, 0) is 33.0 Å². The Labute approximate surface area is 271 Å². The van der Waals surface area contributed by atoms with Gasteiger partial charge < -0.3 is 0 Å². The number of hydrogen-bond acceptors (Lipinski definition) is 0. The summed E-state index contributed by atoms with van der Waals surface area (Å²) in [4.78, 5) is 0. The number of halogens is 2. The second-order valence-electron chi connectivity index (χ2n) is 8.34. The van der Waals surface area contributed by atoms with E-state index in [4.69, 9.17) is 19.1 Å². The summed E-state index contributed by atoms with van der Waals surface area (Å²) >= 11 is -0.106. The van der Waals surface area contributed by atoms with Crippen LogP contribution >= 0.6 is 34.9 Å². The maximum atomic E-state index is 4.81. The average Bonchev–Trinajstić information content (AvgIpc) is 3.72. The maximum Gasteiger partial charge on any atom is 2.00 e. The van der Waals surface area contributed by atoms with Crippen molar-refractivity contribution >= 4 is 56.1 Å². The van der Waals surface area contributed by atoms with E-state index in [2.05, 4.69) is 173 Å². The van der Waals surface area contributed by atoms with Gasteiger partial charge in [0.15, 0.2) is 0 Å². The van der Waals surface area contributed by atoms with E-state index < -0.39 is 15.8 Å². The topological polar surface area (TPSA) is 0 Å². The predicted molar refractivity (Wildman–Crippen MR) is 171 cm³/mol. The Morgan fingerprint density at radius 2 is 0.575 bits per heavy atom. The Morgan fingerprint density at radius 3 is 0.775 bits per heavy atom. The quantitative estimate of drug-likeness (QED) is 0.138. The van der Waals surface area contributed by atoms with Crippen LogP contribution in [-0.4, -0.2) is 0 Å². The molecular weight excluding hydrogens is 703 g/mol. The van der Waals surface area contributed by atoms with Crippen molar-refractivity contribution in [3.63, 3.8) is 0 Å². The Hall–Kier alpha value is -0.498. The fourth-order valence-corrected chi connectivity index (χ4v) is 8.84. The monoisotopic (exact) mass is 730 g/mol. The Bertz CT molecular complexity index is 1000. The van der Waals surface area contributed by atoms with Gasteiger partial charge >= 0.3 is 52.1 Å². The first-order chi connectivity index (χ1) is 19.3. The number of hydrogen-bond donors (Lipinski definition) is 0. The summed E-state index contributed by atoms with van der Waals surface area (Å²) in [5.74, 6) is 0. The summed E-state index contributed by atoms with van der Waals surface area (Å²) in [5.41, 5.74) is 2.84. The largest absolute Gasteiger partial charge is 2.00 e. The fourth-order valence-electron chi connectivity index (χ4n) is 4.23. The first-order valence-corrected chi connectivity index (χ1v) is 19.1. The van der Waals surface area contributed by atoms with Crippen molar-refractivity contribution in [1.29, 1.82) is 0 Å². The van der Waals surface area contributed by atoms with E-state index in [9.17, 15) is 0 Å². The zero-order chi connectivity index (χ0) is 27.1. The Balaban J connectivity index is 0.000000197. The molecule has 0 heterocycles. The van der Waals surface area contributed by atoms with Crippen LogP contribution in [0.3, 0.4) is 0 Å². The molecule has 4 aromatic carbocycles. The van der Waals surface area contributed by atoms with E-state index in [0.29, 0.717) is 0 Å². The van der Waals surface area contributed by atoms with Crippen molar-refractivity contribution in [2.75, 3.05) is 0 Å². The van der Waals surface area contributed by atoms with Gasteiger partial charge in [0.05, 0.1) is 0 Å². The van der Waals surface area contributed by atoms with Gasteiger partial charge in [-0.1, -0.05) is 121 Å². The summed E-state index contributed by atoms with van der Waals surface area (Å²) in [5, 5.41) is 5.63. The van der Waals surface area contributed by atoms with Gasteiger partial charge in [0.1, 0.15) is 0 Å². The minimum absolute atomic E-state index is 0. The smallest absolute Gasteiger partial charge is 2.00 e. The molecule has 6 rings (SSSR count). The summed E-state index contributed by atoms with van der Waals surface area (Å²) in [7, 11) is 8.81. The second kappa shape index (κ2) is 19.6. The van der Waals surface area contributed by atoms with Gasteiger partial charge in [-0.2, -0.15) is 0 Å². The van der Waals surface area contributed by atoms with Gasteiger partial charge in [0.25, 0.3) is 0 Å². The molecule has 0 atom stereocenters. The molecule has 10 radical (unpaired) electrons. The maximum absolute atomic E-state index is 4.81. The van der Waals surface area contributed by atoms with Crippen molar-refractivity contribution < 1.29 is 33.0 Å². The van der Waals surface area contributed by atoms with Gasteiger partial charge in [-0.15, -0.1) is 0 Å². The third-order valence-electron chi connectivity index (χ3n) is 5.86. The SMILES string of the molecule is [CH]1[CH][CH][C](P(c2ccccc2)c2ccccc2)[CH]1.[CH]1[CH][CH][C](P(c2ccccc2)c2ccccc2)[CH]1.[Cl][Pd][Cl].[Fe+2]. The van der Waals surface area contributed by atoms with Crippen molar-refractivity contribution in [2.24, 2.45) is 0 Å².